The minimum absolute atomic E-state index is 0.141. The smallest absolute Gasteiger partial charge is 0.314 e. The number of hydrogen-bond acceptors (Lipinski definition) is 3. The molecule has 2 aliphatic rings. The molecule has 2 amide bonds. The lowest BCUT2D eigenvalue weighted by Crippen LogP contribution is -2.46. The largest absolute Gasteiger partial charge is 0.388 e. The highest BCUT2D eigenvalue weighted by molar-refractivity contribution is 8.00. The summed E-state index contributed by atoms with van der Waals surface area (Å²) in [6.45, 7) is 1.13. The first-order chi connectivity index (χ1) is 8.18. The Balaban J connectivity index is 1.60. The van der Waals surface area contributed by atoms with E-state index in [4.69, 9.17) is 0 Å². The molecule has 1 atom stereocenters. The first-order valence-corrected chi connectivity index (χ1v) is 7.59. The summed E-state index contributed by atoms with van der Waals surface area (Å²) in [6, 6.07) is -0.141. The third kappa shape index (κ3) is 4.07. The topological polar surface area (TPSA) is 61.4 Å². The van der Waals surface area contributed by atoms with Crippen molar-refractivity contribution in [2.24, 2.45) is 0 Å². The van der Waals surface area contributed by atoms with E-state index in [9.17, 15) is 9.90 Å². The SMILES string of the molecule is O=C(NCC1CCCS1)NCC1(O)CCCC1. The van der Waals surface area contributed by atoms with Crippen molar-refractivity contribution >= 4 is 17.8 Å². The zero-order valence-electron chi connectivity index (χ0n) is 10.2. The van der Waals surface area contributed by atoms with Gasteiger partial charge in [-0.15, -0.1) is 0 Å². The highest BCUT2D eigenvalue weighted by Crippen LogP contribution is 2.28. The van der Waals surface area contributed by atoms with Gasteiger partial charge in [-0.05, 0) is 31.4 Å². The number of rotatable bonds is 4. The average molecular weight is 258 g/mol. The first-order valence-electron chi connectivity index (χ1n) is 6.54. The molecule has 2 fully saturated rings. The second-order valence-corrected chi connectivity index (χ2v) is 6.54. The van der Waals surface area contributed by atoms with E-state index in [1.54, 1.807) is 0 Å². The number of nitrogens with one attached hydrogen (secondary N) is 2. The number of carbonyl (C=O) groups excluding carboxylic acids is 1. The van der Waals surface area contributed by atoms with Crippen LogP contribution in [0.4, 0.5) is 4.79 Å². The summed E-state index contributed by atoms with van der Waals surface area (Å²) in [7, 11) is 0. The molecule has 0 spiro atoms. The van der Waals surface area contributed by atoms with Crippen LogP contribution in [0, 0.1) is 0 Å². The van der Waals surface area contributed by atoms with E-state index in [0.717, 1.165) is 32.2 Å². The number of aliphatic hydroxyl groups is 1. The highest BCUT2D eigenvalue weighted by atomic mass is 32.2. The lowest BCUT2D eigenvalue weighted by molar-refractivity contribution is 0.0501. The van der Waals surface area contributed by atoms with Crippen LogP contribution in [-0.2, 0) is 0 Å². The standard InChI is InChI=1S/C12H22N2O2S/c15-11(13-8-10-4-3-7-17-10)14-9-12(16)5-1-2-6-12/h10,16H,1-9H2,(H2,13,14,15). The molecule has 2 rings (SSSR count). The minimum atomic E-state index is -0.653. The van der Waals surface area contributed by atoms with E-state index in [-0.39, 0.29) is 6.03 Å². The molecular formula is C12H22N2O2S. The second-order valence-electron chi connectivity index (χ2n) is 5.13. The summed E-state index contributed by atoms with van der Waals surface area (Å²) in [5.41, 5.74) is -0.653. The maximum Gasteiger partial charge on any atom is 0.314 e. The molecule has 0 bridgehead atoms. The van der Waals surface area contributed by atoms with Crippen LogP contribution in [0.1, 0.15) is 38.5 Å². The fourth-order valence-electron chi connectivity index (χ4n) is 2.53. The van der Waals surface area contributed by atoms with E-state index in [2.05, 4.69) is 10.6 Å². The van der Waals surface area contributed by atoms with Gasteiger partial charge in [0.2, 0.25) is 0 Å². The molecule has 5 heteroatoms. The molecule has 3 N–H and O–H groups in total. The lowest BCUT2D eigenvalue weighted by Gasteiger charge is -2.22. The van der Waals surface area contributed by atoms with Gasteiger partial charge in [-0.1, -0.05) is 12.8 Å². The van der Waals surface area contributed by atoms with Crippen LogP contribution >= 0.6 is 11.8 Å². The fourth-order valence-corrected chi connectivity index (χ4v) is 3.73. The Labute approximate surface area is 107 Å². The average Bonchev–Trinajstić information content (AvgIpc) is 2.95. The Morgan fingerprint density at radius 2 is 2.06 bits per heavy atom. The Morgan fingerprint density at radius 1 is 1.29 bits per heavy atom. The van der Waals surface area contributed by atoms with Gasteiger partial charge >= 0.3 is 6.03 Å². The Kier molecular flexibility index (Phi) is 4.56. The van der Waals surface area contributed by atoms with E-state index < -0.39 is 5.60 Å². The van der Waals surface area contributed by atoms with Crippen LogP contribution in [0.2, 0.25) is 0 Å². The van der Waals surface area contributed by atoms with E-state index >= 15 is 0 Å². The number of carbonyl (C=O) groups is 1. The molecule has 1 unspecified atom stereocenters. The van der Waals surface area contributed by atoms with Gasteiger partial charge in [0.1, 0.15) is 0 Å². The maximum absolute atomic E-state index is 11.6. The van der Waals surface area contributed by atoms with Crippen LogP contribution < -0.4 is 10.6 Å². The van der Waals surface area contributed by atoms with Crippen LogP contribution in [0.3, 0.4) is 0 Å². The van der Waals surface area contributed by atoms with Crippen LogP contribution in [0.15, 0.2) is 0 Å². The Bertz CT molecular complexity index is 261. The van der Waals surface area contributed by atoms with Crippen LogP contribution in [0.5, 0.6) is 0 Å². The second kappa shape index (κ2) is 5.96. The number of hydrogen-bond donors (Lipinski definition) is 3. The van der Waals surface area contributed by atoms with Gasteiger partial charge in [0, 0.05) is 18.3 Å². The van der Waals surface area contributed by atoms with Crippen molar-refractivity contribution in [3.8, 4) is 0 Å². The van der Waals surface area contributed by atoms with Gasteiger partial charge in [0.25, 0.3) is 0 Å². The van der Waals surface area contributed by atoms with Crippen molar-refractivity contribution < 1.29 is 9.90 Å². The van der Waals surface area contributed by atoms with Crippen molar-refractivity contribution in [2.45, 2.75) is 49.4 Å². The number of urea groups is 1. The molecule has 0 radical (unpaired) electrons. The normalized spacial score (nSPS) is 27.0. The summed E-state index contributed by atoms with van der Waals surface area (Å²) in [5.74, 6) is 1.22. The van der Waals surface area contributed by atoms with E-state index in [1.807, 2.05) is 11.8 Å². The van der Waals surface area contributed by atoms with Crippen LogP contribution in [0.25, 0.3) is 0 Å². The number of thioether (sulfide) groups is 1. The van der Waals surface area contributed by atoms with Crippen molar-refractivity contribution in [1.29, 1.82) is 0 Å². The predicted octanol–water partition coefficient (Wildman–Crippen LogP) is 1.49. The summed E-state index contributed by atoms with van der Waals surface area (Å²) in [4.78, 5) is 11.6. The van der Waals surface area contributed by atoms with Gasteiger partial charge in [-0.2, -0.15) is 11.8 Å². The molecule has 1 heterocycles. The molecule has 1 saturated heterocycles. The zero-order valence-corrected chi connectivity index (χ0v) is 11.0. The molecule has 1 aliphatic heterocycles. The van der Waals surface area contributed by atoms with Gasteiger partial charge in [-0.3, -0.25) is 0 Å². The quantitative estimate of drug-likeness (QED) is 0.716. The third-order valence-corrected chi connectivity index (χ3v) is 5.02. The highest BCUT2D eigenvalue weighted by Gasteiger charge is 2.31. The molecule has 0 aromatic carbocycles. The Hall–Kier alpha value is -0.420. The molecule has 1 aliphatic carbocycles. The van der Waals surface area contributed by atoms with Gasteiger partial charge in [-0.25, -0.2) is 4.79 Å². The van der Waals surface area contributed by atoms with Gasteiger partial charge in [0.05, 0.1) is 5.60 Å². The molecule has 4 nitrogen and oxygen atoms in total. The third-order valence-electron chi connectivity index (χ3n) is 3.63. The monoisotopic (exact) mass is 258 g/mol. The maximum atomic E-state index is 11.6. The van der Waals surface area contributed by atoms with Crippen molar-refractivity contribution in [1.82, 2.24) is 10.6 Å². The van der Waals surface area contributed by atoms with Crippen molar-refractivity contribution in [3.05, 3.63) is 0 Å². The molecule has 0 aromatic heterocycles. The van der Waals surface area contributed by atoms with Gasteiger partial charge in [0.15, 0.2) is 0 Å². The summed E-state index contributed by atoms with van der Waals surface area (Å²) in [6.07, 6.45) is 6.22. The van der Waals surface area contributed by atoms with Crippen molar-refractivity contribution in [3.63, 3.8) is 0 Å². The first kappa shape index (κ1) is 13.0. The molecule has 0 aromatic rings. The summed E-state index contributed by atoms with van der Waals surface area (Å²) in [5, 5.41) is 16.3. The molecule has 1 saturated carbocycles. The summed E-state index contributed by atoms with van der Waals surface area (Å²) < 4.78 is 0. The van der Waals surface area contributed by atoms with Crippen LogP contribution in [-0.4, -0.2) is 40.8 Å². The fraction of sp³-hybridized carbons (Fsp3) is 0.917. The van der Waals surface area contributed by atoms with E-state index in [1.165, 1.54) is 18.6 Å². The van der Waals surface area contributed by atoms with E-state index in [0.29, 0.717) is 11.8 Å². The Morgan fingerprint density at radius 3 is 2.71 bits per heavy atom. The van der Waals surface area contributed by atoms with Gasteiger partial charge < -0.3 is 15.7 Å². The summed E-state index contributed by atoms with van der Waals surface area (Å²) >= 11 is 1.94. The van der Waals surface area contributed by atoms with Crippen molar-refractivity contribution in [2.75, 3.05) is 18.8 Å². The zero-order chi connectivity index (χ0) is 12.1. The number of amides is 2. The minimum Gasteiger partial charge on any atom is -0.388 e. The predicted molar refractivity (Wildman–Crippen MR) is 70.3 cm³/mol. The molecule has 17 heavy (non-hydrogen) atoms. The molecule has 98 valence electrons. The lowest BCUT2D eigenvalue weighted by atomic mass is 10.0. The molecular weight excluding hydrogens is 236 g/mol.